The van der Waals surface area contributed by atoms with Gasteiger partial charge >= 0.3 is 7.12 Å². The van der Waals surface area contributed by atoms with Gasteiger partial charge in [0.1, 0.15) is 0 Å². The molecule has 1 aromatic carbocycles. The molecule has 2 aliphatic heterocycles. The molecule has 0 spiro atoms. The zero-order valence-electron chi connectivity index (χ0n) is 16.0. The summed E-state index contributed by atoms with van der Waals surface area (Å²) < 4.78 is 12.3. The maximum atomic E-state index is 6.15. The van der Waals surface area contributed by atoms with Crippen LogP contribution < -0.4 is 5.46 Å². The summed E-state index contributed by atoms with van der Waals surface area (Å²) in [6.45, 7) is 14.4. The van der Waals surface area contributed by atoms with Crippen LogP contribution in [0.5, 0.6) is 0 Å². The van der Waals surface area contributed by atoms with Gasteiger partial charge in [0.25, 0.3) is 0 Å². The molecule has 0 unspecified atom stereocenters. The third kappa shape index (κ3) is 3.56. The third-order valence-electron chi connectivity index (χ3n) is 6.06. The third-order valence-corrected chi connectivity index (χ3v) is 6.06. The molecule has 0 saturated carbocycles. The summed E-state index contributed by atoms with van der Waals surface area (Å²) in [5, 5.41) is 0. The van der Waals surface area contributed by atoms with Gasteiger partial charge in [0.2, 0.25) is 0 Å². The van der Waals surface area contributed by atoms with E-state index in [0.29, 0.717) is 5.92 Å². The van der Waals surface area contributed by atoms with Gasteiger partial charge in [-0.15, -0.1) is 0 Å². The second-order valence-electron chi connectivity index (χ2n) is 8.37. The molecular formula is C20H32BNO2. The number of rotatable bonds is 4. The minimum absolute atomic E-state index is 0.254. The van der Waals surface area contributed by atoms with Gasteiger partial charge in [0.05, 0.1) is 11.2 Å². The quantitative estimate of drug-likeness (QED) is 0.788. The van der Waals surface area contributed by atoms with E-state index in [1.165, 1.54) is 44.5 Å². The molecule has 0 amide bonds. The molecule has 1 aromatic rings. The van der Waals surface area contributed by atoms with Crippen molar-refractivity contribution in [2.24, 2.45) is 0 Å². The predicted molar refractivity (Wildman–Crippen MR) is 101 cm³/mol. The topological polar surface area (TPSA) is 21.7 Å². The highest BCUT2D eigenvalue weighted by Crippen LogP contribution is 2.36. The van der Waals surface area contributed by atoms with E-state index in [1.807, 2.05) is 0 Å². The highest BCUT2D eigenvalue weighted by Gasteiger charge is 2.51. The Bertz CT molecular complexity index is 531. The SMILES string of the molecule is CCCN1CCC(c2ccc(B3OC(C)(C)C(C)(C)O3)cc2)CC1. The van der Waals surface area contributed by atoms with Crippen molar-refractivity contribution in [1.82, 2.24) is 4.90 Å². The van der Waals surface area contributed by atoms with Crippen LogP contribution in [-0.2, 0) is 9.31 Å². The monoisotopic (exact) mass is 329 g/mol. The Labute approximate surface area is 147 Å². The van der Waals surface area contributed by atoms with Gasteiger partial charge in [0.15, 0.2) is 0 Å². The molecule has 0 aliphatic carbocycles. The highest BCUT2D eigenvalue weighted by atomic mass is 16.7. The predicted octanol–water partition coefficient (Wildman–Crippen LogP) is 3.58. The first-order valence-electron chi connectivity index (χ1n) is 9.50. The van der Waals surface area contributed by atoms with Crippen molar-refractivity contribution < 1.29 is 9.31 Å². The van der Waals surface area contributed by atoms with Gasteiger partial charge in [-0.1, -0.05) is 31.2 Å². The lowest BCUT2D eigenvalue weighted by Gasteiger charge is -2.32. The Hall–Kier alpha value is -0.835. The first kappa shape index (κ1) is 18.0. The van der Waals surface area contributed by atoms with Crippen LogP contribution >= 0.6 is 0 Å². The summed E-state index contributed by atoms with van der Waals surface area (Å²) in [5.74, 6) is 0.699. The summed E-state index contributed by atoms with van der Waals surface area (Å²) in [6, 6.07) is 8.94. The number of benzene rings is 1. The molecule has 2 saturated heterocycles. The molecule has 3 nitrogen and oxygen atoms in total. The number of nitrogens with zero attached hydrogens (tertiary/aromatic N) is 1. The zero-order valence-corrected chi connectivity index (χ0v) is 16.0. The van der Waals surface area contributed by atoms with Gasteiger partial charge < -0.3 is 14.2 Å². The Balaban J connectivity index is 1.63. The van der Waals surface area contributed by atoms with Crippen LogP contribution in [0.25, 0.3) is 0 Å². The molecule has 0 bridgehead atoms. The standard InChI is InChI=1S/C20H32BNO2/c1-6-13-22-14-11-17(12-15-22)16-7-9-18(10-8-16)21-23-19(2,3)20(4,5)24-21/h7-10,17H,6,11-15H2,1-5H3. The van der Waals surface area contributed by atoms with Crippen LogP contribution in [0.2, 0.25) is 0 Å². The lowest BCUT2D eigenvalue weighted by atomic mass is 9.77. The fourth-order valence-corrected chi connectivity index (χ4v) is 3.71. The van der Waals surface area contributed by atoms with Crippen LogP contribution in [0, 0.1) is 0 Å². The normalized spacial score (nSPS) is 24.5. The van der Waals surface area contributed by atoms with E-state index in [-0.39, 0.29) is 18.3 Å². The molecule has 132 valence electrons. The summed E-state index contributed by atoms with van der Waals surface area (Å²) >= 11 is 0. The van der Waals surface area contributed by atoms with Crippen LogP contribution in [0.1, 0.15) is 65.4 Å². The zero-order chi connectivity index (χ0) is 17.4. The number of hydrogen-bond donors (Lipinski definition) is 0. The Morgan fingerprint density at radius 1 is 1.00 bits per heavy atom. The van der Waals surface area contributed by atoms with E-state index in [4.69, 9.17) is 9.31 Å². The first-order chi connectivity index (χ1) is 11.3. The molecule has 3 rings (SSSR count). The van der Waals surface area contributed by atoms with Gasteiger partial charge in [-0.05, 0) is 83.5 Å². The lowest BCUT2D eigenvalue weighted by molar-refractivity contribution is 0.00578. The second-order valence-corrected chi connectivity index (χ2v) is 8.37. The summed E-state index contributed by atoms with van der Waals surface area (Å²) in [5.41, 5.74) is 2.04. The minimum atomic E-state index is -0.275. The van der Waals surface area contributed by atoms with Crippen molar-refractivity contribution in [3.05, 3.63) is 29.8 Å². The maximum absolute atomic E-state index is 6.15. The van der Waals surface area contributed by atoms with E-state index in [2.05, 4.69) is 63.8 Å². The molecule has 0 radical (unpaired) electrons. The number of hydrogen-bond acceptors (Lipinski definition) is 3. The van der Waals surface area contributed by atoms with Crippen molar-refractivity contribution in [3.8, 4) is 0 Å². The molecule has 2 heterocycles. The highest BCUT2D eigenvalue weighted by molar-refractivity contribution is 6.62. The summed E-state index contributed by atoms with van der Waals surface area (Å²) in [6.07, 6.45) is 3.80. The minimum Gasteiger partial charge on any atom is -0.399 e. The van der Waals surface area contributed by atoms with Gasteiger partial charge in [-0.2, -0.15) is 0 Å². The molecule has 2 aliphatic rings. The average molecular weight is 329 g/mol. The smallest absolute Gasteiger partial charge is 0.399 e. The number of likely N-dealkylation sites (tertiary alicyclic amines) is 1. The van der Waals surface area contributed by atoms with Crippen LogP contribution in [0.15, 0.2) is 24.3 Å². The number of piperidine rings is 1. The Morgan fingerprint density at radius 3 is 2.04 bits per heavy atom. The average Bonchev–Trinajstić information content (AvgIpc) is 2.77. The summed E-state index contributed by atoms with van der Waals surface area (Å²) in [4.78, 5) is 2.59. The van der Waals surface area contributed by atoms with E-state index in [9.17, 15) is 0 Å². The molecule has 0 N–H and O–H groups in total. The van der Waals surface area contributed by atoms with Crippen LogP contribution in [0.3, 0.4) is 0 Å². The molecule has 2 fully saturated rings. The molecular weight excluding hydrogens is 297 g/mol. The molecule has 0 aromatic heterocycles. The van der Waals surface area contributed by atoms with Crippen molar-refractivity contribution >= 4 is 12.6 Å². The molecule has 4 heteroatoms. The van der Waals surface area contributed by atoms with E-state index in [1.54, 1.807) is 0 Å². The Morgan fingerprint density at radius 2 is 1.54 bits per heavy atom. The van der Waals surface area contributed by atoms with Crippen LogP contribution in [0.4, 0.5) is 0 Å². The fraction of sp³-hybridized carbons (Fsp3) is 0.700. The van der Waals surface area contributed by atoms with E-state index < -0.39 is 0 Å². The van der Waals surface area contributed by atoms with Gasteiger partial charge in [-0.25, -0.2) is 0 Å². The van der Waals surface area contributed by atoms with Crippen LogP contribution in [-0.4, -0.2) is 42.9 Å². The molecule has 0 atom stereocenters. The van der Waals surface area contributed by atoms with Crippen molar-refractivity contribution in [2.45, 2.75) is 71.0 Å². The summed E-state index contributed by atoms with van der Waals surface area (Å²) in [7, 11) is -0.254. The van der Waals surface area contributed by atoms with Gasteiger partial charge in [0, 0.05) is 0 Å². The second kappa shape index (κ2) is 6.82. The lowest BCUT2D eigenvalue weighted by Crippen LogP contribution is -2.41. The van der Waals surface area contributed by atoms with Crippen molar-refractivity contribution in [3.63, 3.8) is 0 Å². The fourth-order valence-electron chi connectivity index (χ4n) is 3.71. The first-order valence-corrected chi connectivity index (χ1v) is 9.50. The van der Waals surface area contributed by atoms with E-state index in [0.717, 1.165) is 5.46 Å². The van der Waals surface area contributed by atoms with Crippen molar-refractivity contribution in [2.75, 3.05) is 19.6 Å². The van der Waals surface area contributed by atoms with Crippen molar-refractivity contribution in [1.29, 1.82) is 0 Å². The maximum Gasteiger partial charge on any atom is 0.494 e. The van der Waals surface area contributed by atoms with Gasteiger partial charge in [-0.3, -0.25) is 0 Å². The van der Waals surface area contributed by atoms with E-state index >= 15 is 0 Å². The Kier molecular flexibility index (Phi) is 5.10. The largest absolute Gasteiger partial charge is 0.494 e. The molecule has 24 heavy (non-hydrogen) atoms.